The molecule has 17 heavy (non-hydrogen) atoms. The van der Waals surface area contributed by atoms with Crippen LogP contribution in [0.4, 0.5) is 0 Å². The molecule has 96 valence electrons. The zero-order valence-electron chi connectivity index (χ0n) is 11.0. The Morgan fingerprint density at radius 1 is 1.35 bits per heavy atom. The maximum absolute atomic E-state index is 5.36. The van der Waals surface area contributed by atoms with E-state index >= 15 is 0 Å². The second kappa shape index (κ2) is 6.22. The summed E-state index contributed by atoms with van der Waals surface area (Å²) in [5.41, 5.74) is 0. The van der Waals surface area contributed by atoms with Crippen LogP contribution in [0.5, 0.6) is 0 Å². The number of nitrogens with zero attached hydrogens (tertiary/aromatic N) is 1. The van der Waals surface area contributed by atoms with Crippen molar-refractivity contribution in [1.82, 2.24) is 10.2 Å². The maximum atomic E-state index is 5.36. The fourth-order valence-electron chi connectivity index (χ4n) is 2.49. The third-order valence-electron chi connectivity index (χ3n) is 3.61. The van der Waals surface area contributed by atoms with Gasteiger partial charge in [-0.3, -0.25) is 4.90 Å². The second-order valence-corrected chi connectivity index (χ2v) is 5.18. The Balaban J connectivity index is 1.66. The number of furan rings is 1. The Labute approximate surface area is 104 Å². The van der Waals surface area contributed by atoms with E-state index in [0.29, 0.717) is 12.1 Å². The molecule has 0 aromatic carbocycles. The normalized spacial score (nSPS) is 20.6. The fraction of sp³-hybridized carbons (Fsp3) is 0.714. The molecule has 0 spiro atoms. The molecule has 2 unspecified atom stereocenters. The van der Waals surface area contributed by atoms with Crippen LogP contribution in [0.2, 0.25) is 0 Å². The number of hydrogen-bond donors (Lipinski definition) is 1. The van der Waals surface area contributed by atoms with E-state index in [-0.39, 0.29) is 0 Å². The minimum absolute atomic E-state index is 0.478. The first kappa shape index (κ1) is 12.7. The lowest BCUT2D eigenvalue weighted by atomic mass is 10.2. The van der Waals surface area contributed by atoms with E-state index in [4.69, 9.17) is 4.42 Å². The van der Waals surface area contributed by atoms with E-state index in [9.17, 15) is 0 Å². The van der Waals surface area contributed by atoms with Gasteiger partial charge in [0.15, 0.2) is 0 Å². The van der Waals surface area contributed by atoms with Crippen LogP contribution in [0.15, 0.2) is 22.8 Å². The van der Waals surface area contributed by atoms with Gasteiger partial charge in [-0.05, 0) is 51.9 Å². The highest BCUT2D eigenvalue weighted by atomic mass is 16.3. The van der Waals surface area contributed by atoms with E-state index in [1.54, 1.807) is 6.26 Å². The lowest BCUT2D eigenvalue weighted by Gasteiger charge is -2.25. The van der Waals surface area contributed by atoms with Crippen LogP contribution >= 0.6 is 0 Å². The summed E-state index contributed by atoms with van der Waals surface area (Å²) in [5, 5.41) is 3.60. The van der Waals surface area contributed by atoms with Gasteiger partial charge in [0.2, 0.25) is 0 Å². The Morgan fingerprint density at radius 3 is 2.76 bits per heavy atom. The quantitative estimate of drug-likeness (QED) is 0.821. The van der Waals surface area contributed by atoms with Crippen molar-refractivity contribution in [3.63, 3.8) is 0 Å². The smallest absolute Gasteiger partial charge is 0.105 e. The number of hydrogen-bond acceptors (Lipinski definition) is 3. The Morgan fingerprint density at radius 2 is 2.12 bits per heavy atom. The van der Waals surface area contributed by atoms with Crippen LogP contribution < -0.4 is 5.32 Å². The predicted molar refractivity (Wildman–Crippen MR) is 70.1 cm³/mol. The first-order chi connectivity index (χ1) is 8.25. The Hall–Kier alpha value is -0.800. The molecule has 2 rings (SSSR count). The largest absolute Gasteiger partial charge is 0.469 e. The molecule has 2 atom stereocenters. The molecular weight excluding hydrogens is 212 g/mol. The molecule has 1 fully saturated rings. The van der Waals surface area contributed by atoms with Crippen LogP contribution in [0.1, 0.15) is 32.4 Å². The van der Waals surface area contributed by atoms with Gasteiger partial charge in [0.05, 0.1) is 6.26 Å². The zero-order chi connectivity index (χ0) is 12.1. The highest BCUT2D eigenvalue weighted by Gasteiger charge is 2.18. The average molecular weight is 236 g/mol. The van der Waals surface area contributed by atoms with Gasteiger partial charge in [-0.1, -0.05) is 0 Å². The average Bonchev–Trinajstić information content (AvgIpc) is 2.97. The first-order valence-electron chi connectivity index (χ1n) is 6.75. The molecule has 1 aliphatic rings. The lowest BCUT2D eigenvalue weighted by molar-refractivity contribution is 0.246. The molecule has 0 amide bonds. The van der Waals surface area contributed by atoms with Gasteiger partial charge in [-0.15, -0.1) is 0 Å². The molecule has 2 heterocycles. The van der Waals surface area contributed by atoms with E-state index in [2.05, 4.69) is 24.1 Å². The highest BCUT2D eigenvalue weighted by Crippen LogP contribution is 2.11. The van der Waals surface area contributed by atoms with Gasteiger partial charge < -0.3 is 9.73 Å². The van der Waals surface area contributed by atoms with E-state index in [1.807, 2.05) is 12.1 Å². The standard InChI is InChI=1S/C14H24N2O/c1-12(10-14-6-5-9-17-14)15-11-13(2)16-7-3-4-8-16/h5-6,9,12-13,15H,3-4,7-8,10-11H2,1-2H3. The third kappa shape index (κ3) is 3.86. The van der Waals surface area contributed by atoms with Crippen molar-refractivity contribution in [2.45, 2.75) is 45.2 Å². The third-order valence-corrected chi connectivity index (χ3v) is 3.61. The molecule has 1 aromatic heterocycles. The van der Waals surface area contributed by atoms with E-state index in [0.717, 1.165) is 18.7 Å². The Bertz CT molecular complexity index is 304. The maximum Gasteiger partial charge on any atom is 0.105 e. The molecule has 1 aliphatic heterocycles. The molecule has 0 saturated carbocycles. The zero-order valence-corrected chi connectivity index (χ0v) is 11.0. The summed E-state index contributed by atoms with van der Waals surface area (Å²) in [6, 6.07) is 5.12. The van der Waals surface area contributed by atoms with Crippen LogP contribution in [0.3, 0.4) is 0 Å². The summed E-state index contributed by atoms with van der Waals surface area (Å²) >= 11 is 0. The molecule has 1 saturated heterocycles. The monoisotopic (exact) mass is 236 g/mol. The summed E-state index contributed by atoms with van der Waals surface area (Å²) in [7, 11) is 0. The summed E-state index contributed by atoms with van der Waals surface area (Å²) < 4.78 is 5.36. The van der Waals surface area contributed by atoms with E-state index < -0.39 is 0 Å². The minimum atomic E-state index is 0.478. The summed E-state index contributed by atoms with van der Waals surface area (Å²) in [4.78, 5) is 2.58. The van der Waals surface area contributed by atoms with Crippen molar-refractivity contribution in [1.29, 1.82) is 0 Å². The van der Waals surface area contributed by atoms with Crippen molar-refractivity contribution in [3.05, 3.63) is 24.2 Å². The van der Waals surface area contributed by atoms with Crippen molar-refractivity contribution in [2.24, 2.45) is 0 Å². The van der Waals surface area contributed by atoms with E-state index in [1.165, 1.54) is 25.9 Å². The van der Waals surface area contributed by atoms with Gasteiger partial charge in [0, 0.05) is 25.0 Å². The Kier molecular flexibility index (Phi) is 4.63. The van der Waals surface area contributed by atoms with Crippen molar-refractivity contribution in [3.8, 4) is 0 Å². The molecule has 0 radical (unpaired) electrons. The van der Waals surface area contributed by atoms with Crippen LogP contribution in [-0.2, 0) is 6.42 Å². The highest BCUT2D eigenvalue weighted by molar-refractivity contribution is 5.00. The molecule has 0 bridgehead atoms. The summed E-state index contributed by atoms with van der Waals surface area (Å²) in [5.74, 6) is 1.07. The van der Waals surface area contributed by atoms with Crippen molar-refractivity contribution >= 4 is 0 Å². The lowest BCUT2D eigenvalue weighted by Crippen LogP contribution is -2.42. The van der Waals surface area contributed by atoms with Gasteiger partial charge in [0.1, 0.15) is 5.76 Å². The SMILES string of the molecule is CC(Cc1ccco1)NCC(C)N1CCCC1. The molecule has 0 aliphatic carbocycles. The van der Waals surface area contributed by atoms with Gasteiger partial charge in [-0.2, -0.15) is 0 Å². The van der Waals surface area contributed by atoms with Crippen molar-refractivity contribution < 1.29 is 4.42 Å². The molecule has 3 heteroatoms. The topological polar surface area (TPSA) is 28.4 Å². The van der Waals surface area contributed by atoms with Gasteiger partial charge >= 0.3 is 0 Å². The molecular formula is C14H24N2O. The molecule has 3 nitrogen and oxygen atoms in total. The summed E-state index contributed by atoms with van der Waals surface area (Å²) in [6.07, 6.45) is 5.45. The molecule has 1 N–H and O–H groups in total. The van der Waals surface area contributed by atoms with Crippen LogP contribution in [0, 0.1) is 0 Å². The summed E-state index contributed by atoms with van der Waals surface area (Å²) in [6.45, 7) is 8.16. The first-order valence-corrected chi connectivity index (χ1v) is 6.75. The van der Waals surface area contributed by atoms with Gasteiger partial charge in [-0.25, -0.2) is 0 Å². The van der Waals surface area contributed by atoms with Crippen LogP contribution in [0.25, 0.3) is 0 Å². The second-order valence-electron chi connectivity index (χ2n) is 5.18. The van der Waals surface area contributed by atoms with Crippen LogP contribution in [-0.4, -0.2) is 36.6 Å². The predicted octanol–water partition coefficient (Wildman–Crippen LogP) is 2.28. The fourth-order valence-corrected chi connectivity index (χ4v) is 2.49. The van der Waals surface area contributed by atoms with Gasteiger partial charge in [0.25, 0.3) is 0 Å². The number of likely N-dealkylation sites (tertiary alicyclic amines) is 1. The minimum Gasteiger partial charge on any atom is -0.469 e. The molecule has 1 aromatic rings. The number of nitrogens with one attached hydrogen (secondary N) is 1. The van der Waals surface area contributed by atoms with Crippen molar-refractivity contribution in [2.75, 3.05) is 19.6 Å². The number of rotatable bonds is 6.